The Morgan fingerprint density at radius 1 is 1.29 bits per heavy atom. The Bertz CT molecular complexity index is 771. The molecule has 1 heterocycles. The van der Waals surface area contributed by atoms with Crippen LogP contribution in [0.15, 0.2) is 18.2 Å². The number of carbonyl (C=O) groups excluding carboxylic acids is 1. The molecular weight excluding hydrogens is 374 g/mol. The van der Waals surface area contributed by atoms with Crippen LogP contribution in [0, 0.1) is 19.8 Å². The summed E-state index contributed by atoms with van der Waals surface area (Å²) in [5, 5.41) is 2.92. The molecule has 2 rings (SSSR count). The van der Waals surface area contributed by atoms with Crippen molar-refractivity contribution >= 4 is 21.6 Å². The fraction of sp³-hybridized carbons (Fsp3) is 0.667. The highest BCUT2D eigenvalue weighted by Crippen LogP contribution is 2.26. The van der Waals surface area contributed by atoms with E-state index in [9.17, 15) is 13.2 Å². The van der Waals surface area contributed by atoms with Gasteiger partial charge in [0.15, 0.2) is 0 Å². The van der Waals surface area contributed by atoms with Crippen LogP contribution in [0.4, 0.5) is 5.69 Å². The van der Waals surface area contributed by atoms with Crippen LogP contribution in [0.2, 0.25) is 0 Å². The lowest BCUT2D eigenvalue weighted by Crippen LogP contribution is -2.48. The van der Waals surface area contributed by atoms with Gasteiger partial charge >= 0.3 is 0 Å². The second kappa shape index (κ2) is 9.74. The molecule has 0 spiro atoms. The van der Waals surface area contributed by atoms with E-state index in [0.29, 0.717) is 12.2 Å². The first-order valence-electron chi connectivity index (χ1n) is 10.2. The highest BCUT2D eigenvalue weighted by molar-refractivity contribution is 7.92. The summed E-state index contributed by atoms with van der Waals surface area (Å²) in [6.07, 6.45) is 4.50. The normalized spacial score (nSPS) is 17.3. The highest BCUT2D eigenvalue weighted by atomic mass is 32.2. The van der Waals surface area contributed by atoms with Crippen molar-refractivity contribution in [1.82, 2.24) is 10.2 Å². The molecule has 7 heteroatoms. The van der Waals surface area contributed by atoms with Crippen LogP contribution in [0.25, 0.3) is 0 Å². The summed E-state index contributed by atoms with van der Waals surface area (Å²) in [5.74, 6) is 0.544. The molecule has 1 amide bonds. The zero-order chi connectivity index (χ0) is 20.9. The monoisotopic (exact) mass is 409 g/mol. The van der Waals surface area contributed by atoms with Crippen molar-refractivity contribution in [2.45, 2.75) is 53.0 Å². The lowest BCUT2D eigenvalue weighted by molar-refractivity contribution is -0.121. The first kappa shape index (κ1) is 22.7. The molecule has 1 saturated heterocycles. The van der Waals surface area contributed by atoms with Crippen molar-refractivity contribution in [3.63, 3.8) is 0 Å². The third kappa shape index (κ3) is 6.21. The average Bonchev–Trinajstić information content (AvgIpc) is 2.62. The third-order valence-corrected chi connectivity index (χ3v) is 6.74. The summed E-state index contributed by atoms with van der Waals surface area (Å²) < 4.78 is 26.1. The number of hydrogen-bond acceptors (Lipinski definition) is 4. The maximum atomic E-state index is 12.7. The van der Waals surface area contributed by atoms with Gasteiger partial charge in [0.1, 0.15) is 6.04 Å². The topological polar surface area (TPSA) is 69.7 Å². The van der Waals surface area contributed by atoms with Crippen LogP contribution in [0.1, 0.15) is 44.2 Å². The molecule has 1 aromatic carbocycles. The third-order valence-electron chi connectivity index (χ3n) is 5.52. The van der Waals surface area contributed by atoms with Gasteiger partial charge in [0.05, 0.1) is 11.9 Å². The maximum absolute atomic E-state index is 12.7. The molecule has 0 aliphatic carbocycles. The van der Waals surface area contributed by atoms with Crippen LogP contribution in [0.5, 0.6) is 0 Å². The average molecular weight is 410 g/mol. The van der Waals surface area contributed by atoms with Crippen molar-refractivity contribution < 1.29 is 13.2 Å². The number of nitrogens with zero attached hydrogens (tertiary/aromatic N) is 2. The van der Waals surface area contributed by atoms with Crippen LogP contribution in [-0.2, 0) is 14.8 Å². The zero-order valence-electron chi connectivity index (χ0n) is 17.9. The molecule has 6 nitrogen and oxygen atoms in total. The minimum Gasteiger partial charge on any atom is -0.354 e. The Morgan fingerprint density at radius 3 is 2.54 bits per heavy atom. The first-order chi connectivity index (χ1) is 13.1. The summed E-state index contributed by atoms with van der Waals surface area (Å²) in [6, 6.07) is 4.84. The Balaban J connectivity index is 1.95. The maximum Gasteiger partial charge on any atom is 0.243 e. The molecule has 0 unspecified atom stereocenters. The van der Waals surface area contributed by atoms with Gasteiger partial charge < -0.3 is 10.2 Å². The van der Waals surface area contributed by atoms with Crippen LogP contribution in [0.3, 0.4) is 0 Å². The molecule has 1 N–H and O–H groups in total. The quantitative estimate of drug-likeness (QED) is 0.670. The van der Waals surface area contributed by atoms with E-state index in [1.165, 1.54) is 17.1 Å². The lowest BCUT2D eigenvalue weighted by Gasteiger charge is -2.31. The SMILES string of the molecule is Cc1ccc(C)c(N([C@@H](C)C(=O)NCCCN2CCC(C)CC2)S(C)(=O)=O)c1. The van der Waals surface area contributed by atoms with Gasteiger partial charge in [0.2, 0.25) is 15.9 Å². The molecular formula is C21H35N3O3S. The van der Waals surface area contributed by atoms with Gasteiger partial charge in [-0.15, -0.1) is 0 Å². The summed E-state index contributed by atoms with van der Waals surface area (Å²) in [4.78, 5) is 15.1. The smallest absolute Gasteiger partial charge is 0.243 e. The number of piperidine rings is 1. The largest absolute Gasteiger partial charge is 0.354 e. The zero-order valence-corrected chi connectivity index (χ0v) is 18.7. The number of benzene rings is 1. The number of anilines is 1. The second-order valence-electron chi connectivity index (χ2n) is 8.19. The molecule has 1 aliphatic rings. The molecule has 0 saturated carbocycles. The van der Waals surface area contributed by atoms with Crippen LogP contribution >= 0.6 is 0 Å². The molecule has 0 aromatic heterocycles. The number of rotatable bonds is 8. The molecule has 0 bridgehead atoms. The summed E-state index contributed by atoms with van der Waals surface area (Å²) in [7, 11) is -3.59. The standard InChI is InChI=1S/C21H35N3O3S/c1-16-9-13-23(14-10-16)12-6-11-22-21(25)19(4)24(28(5,26)27)20-15-17(2)7-8-18(20)3/h7-8,15-16,19H,6,9-14H2,1-5H3,(H,22,25)/t19-/m0/s1. The van der Waals surface area contributed by atoms with E-state index in [1.54, 1.807) is 6.92 Å². The molecule has 1 fully saturated rings. The molecule has 28 heavy (non-hydrogen) atoms. The number of amides is 1. The van der Waals surface area contributed by atoms with Crippen molar-refractivity contribution in [2.75, 3.05) is 36.7 Å². The van der Waals surface area contributed by atoms with E-state index in [2.05, 4.69) is 17.1 Å². The van der Waals surface area contributed by atoms with Gasteiger partial charge in [-0.2, -0.15) is 0 Å². The first-order valence-corrected chi connectivity index (χ1v) is 12.0. The number of sulfonamides is 1. The van der Waals surface area contributed by atoms with Gasteiger partial charge in [-0.1, -0.05) is 19.1 Å². The Labute approximate surface area is 170 Å². The summed E-state index contributed by atoms with van der Waals surface area (Å²) in [5.41, 5.74) is 2.35. The van der Waals surface area contributed by atoms with Crippen LogP contribution in [-0.4, -0.2) is 57.7 Å². The van der Waals surface area contributed by atoms with Gasteiger partial charge in [-0.05, 0) is 82.8 Å². The molecule has 1 aromatic rings. The van der Waals surface area contributed by atoms with Gasteiger partial charge in [-0.3, -0.25) is 9.10 Å². The van der Waals surface area contributed by atoms with E-state index in [0.717, 1.165) is 49.4 Å². The number of nitrogens with one attached hydrogen (secondary N) is 1. The fourth-order valence-electron chi connectivity index (χ4n) is 3.69. The molecule has 1 aliphatic heterocycles. The van der Waals surface area contributed by atoms with Gasteiger partial charge in [-0.25, -0.2) is 8.42 Å². The molecule has 0 radical (unpaired) electrons. The second-order valence-corrected chi connectivity index (χ2v) is 10.1. The van der Waals surface area contributed by atoms with Crippen molar-refractivity contribution in [3.05, 3.63) is 29.3 Å². The van der Waals surface area contributed by atoms with E-state index in [-0.39, 0.29) is 5.91 Å². The van der Waals surface area contributed by atoms with Crippen molar-refractivity contribution in [2.24, 2.45) is 5.92 Å². The Kier molecular flexibility index (Phi) is 7.89. The van der Waals surface area contributed by atoms with Crippen molar-refractivity contribution in [3.8, 4) is 0 Å². The predicted octanol–water partition coefficient (Wildman–Crippen LogP) is 2.70. The fourth-order valence-corrected chi connectivity index (χ4v) is 4.91. The van der Waals surface area contributed by atoms with Gasteiger partial charge in [0.25, 0.3) is 0 Å². The number of carbonyl (C=O) groups is 1. The molecule has 1 atom stereocenters. The van der Waals surface area contributed by atoms with Gasteiger partial charge in [0, 0.05) is 6.54 Å². The highest BCUT2D eigenvalue weighted by Gasteiger charge is 2.30. The lowest BCUT2D eigenvalue weighted by atomic mass is 9.99. The summed E-state index contributed by atoms with van der Waals surface area (Å²) in [6.45, 7) is 11.5. The minimum absolute atomic E-state index is 0.265. The van der Waals surface area contributed by atoms with Crippen LogP contribution < -0.4 is 9.62 Å². The van der Waals surface area contributed by atoms with E-state index >= 15 is 0 Å². The van der Waals surface area contributed by atoms with E-state index in [4.69, 9.17) is 0 Å². The minimum atomic E-state index is -3.59. The number of hydrogen-bond donors (Lipinski definition) is 1. The predicted molar refractivity (Wildman–Crippen MR) is 115 cm³/mol. The van der Waals surface area contributed by atoms with E-state index in [1.807, 2.05) is 32.0 Å². The Hall–Kier alpha value is -1.60. The molecule has 158 valence electrons. The Morgan fingerprint density at radius 2 is 1.93 bits per heavy atom. The van der Waals surface area contributed by atoms with Crippen molar-refractivity contribution in [1.29, 1.82) is 0 Å². The van der Waals surface area contributed by atoms with E-state index < -0.39 is 16.1 Å². The number of aryl methyl sites for hydroxylation is 2. The number of likely N-dealkylation sites (tertiary alicyclic amines) is 1. The summed E-state index contributed by atoms with van der Waals surface area (Å²) >= 11 is 0.